The summed E-state index contributed by atoms with van der Waals surface area (Å²) < 4.78 is 0. The Bertz CT molecular complexity index is 813. The topological polar surface area (TPSA) is 103 Å². The van der Waals surface area contributed by atoms with Gasteiger partial charge in [-0.05, 0) is 12.5 Å². The minimum Gasteiger partial charge on any atom is -0.477 e. The third kappa shape index (κ3) is 2.67. The molecule has 1 aliphatic heterocycles. The van der Waals surface area contributed by atoms with Crippen molar-refractivity contribution in [2.24, 2.45) is 0 Å². The molecule has 0 aliphatic carbocycles. The van der Waals surface area contributed by atoms with Gasteiger partial charge in [0.05, 0.1) is 11.9 Å². The number of fused-ring (bicyclic) bond motifs is 1. The molecule has 2 aromatic heterocycles. The standard InChI is InChI=1S/C14H15N3O4S/c1-7-10-12(19)15-9(6-17-4-2-8(18)3-5-17)16-13(10)22-11(7)14(20)21/h2-6H2,1H3,(H,20,21)(H,15,16,19). The highest BCUT2D eigenvalue weighted by atomic mass is 32.1. The highest BCUT2D eigenvalue weighted by molar-refractivity contribution is 7.20. The van der Waals surface area contributed by atoms with E-state index in [1.54, 1.807) is 6.92 Å². The zero-order chi connectivity index (χ0) is 15.9. The number of carbonyl (C=O) groups excluding carboxylic acids is 1. The Kier molecular flexibility index (Phi) is 3.79. The van der Waals surface area contributed by atoms with Crippen LogP contribution < -0.4 is 5.56 Å². The number of Topliss-reactive ketones (excluding diaryl/α,β-unsaturated/α-hetero) is 1. The average molecular weight is 321 g/mol. The maximum Gasteiger partial charge on any atom is 0.346 e. The van der Waals surface area contributed by atoms with Crippen LogP contribution in [0.25, 0.3) is 10.2 Å². The molecule has 116 valence electrons. The molecule has 8 heteroatoms. The van der Waals surface area contributed by atoms with Gasteiger partial charge in [0.15, 0.2) is 0 Å². The normalized spacial score (nSPS) is 16.3. The van der Waals surface area contributed by atoms with E-state index in [0.29, 0.717) is 54.1 Å². The molecule has 0 saturated carbocycles. The van der Waals surface area contributed by atoms with Crippen LogP contribution in [0.2, 0.25) is 0 Å². The van der Waals surface area contributed by atoms with E-state index in [1.165, 1.54) is 0 Å². The number of piperidine rings is 1. The van der Waals surface area contributed by atoms with Crippen LogP contribution in [0.4, 0.5) is 0 Å². The first-order valence-corrected chi connectivity index (χ1v) is 7.77. The number of aryl methyl sites for hydroxylation is 1. The van der Waals surface area contributed by atoms with Gasteiger partial charge in [0.25, 0.3) is 5.56 Å². The number of nitrogens with one attached hydrogen (secondary N) is 1. The second-order valence-corrected chi connectivity index (χ2v) is 6.37. The molecule has 2 N–H and O–H groups in total. The summed E-state index contributed by atoms with van der Waals surface area (Å²) in [5, 5.41) is 9.49. The summed E-state index contributed by atoms with van der Waals surface area (Å²) in [6, 6.07) is 0. The Morgan fingerprint density at radius 3 is 2.68 bits per heavy atom. The minimum atomic E-state index is -1.05. The van der Waals surface area contributed by atoms with Crippen molar-refractivity contribution in [2.45, 2.75) is 26.3 Å². The van der Waals surface area contributed by atoms with E-state index < -0.39 is 5.97 Å². The van der Waals surface area contributed by atoms with Gasteiger partial charge in [-0.2, -0.15) is 0 Å². The number of hydrogen-bond acceptors (Lipinski definition) is 6. The lowest BCUT2D eigenvalue weighted by Crippen LogP contribution is -2.34. The molecule has 3 rings (SSSR count). The number of rotatable bonds is 3. The van der Waals surface area contributed by atoms with Crippen LogP contribution in [0.15, 0.2) is 4.79 Å². The lowest BCUT2D eigenvalue weighted by Gasteiger charge is -2.24. The smallest absolute Gasteiger partial charge is 0.346 e. The van der Waals surface area contributed by atoms with E-state index in [2.05, 4.69) is 14.9 Å². The minimum absolute atomic E-state index is 0.147. The molecule has 3 heterocycles. The Morgan fingerprint density at radius 1 is 1.36 bits per heavy atom. The molecule has 0 atom stereocenters. The lowest BCUT2D eigenvalue weighted by atomic mass is 10.1. The van der Waals surface area contributed by atoms with Crippen molar-refractivity contribution in [3.8, 4) is 0 Å². The third-order valence-electron chi connectivity index (χ3n) is 3.83. The zero-order valence-corrected chi connectivity index (χ0v) is 12.8. The molecule has 2 aromatic rings. The van der Waals surface area contributed by atoms with Crippen molar-refractivity contribution in [3.63, 3.8) is 0 Å². The van der Waals surface area contributed by atoms with Crippen LogP contribution in [-0.2, 0) is 11.3 Å². The van der Waals surface area contributed by atoms with Crippen molar-refractivity contribution >= 4 is 33.3 Å². The number of thiophene rings is 1. The van der Waals surface area contributed by atoms with Gasteiger partial charge in [-0.25, -0.2) is 9.78 Å². The third-order valence-corrected chi connectivity index (χ3v) is 5.00. The molecule has 0 unspecified atom stereocenters. The molecular formula is C14H15N3O4S. The molecule has 0 spiro atoms. The van der Waals surface area contributed by atoms with Gasteiger partial charge < -0.3 is 10.1 Å². The van der Waals surface area contributed by atoms with Crippen molar-refractivity contribution in [1.82, 2.24) is 14.9 Å². The van der Waals surface area contributed by atoms with E-state index in [4.69, 9.17) is 5.11 Å². The van der Waals surface area contributed by atoms with Crippen LogP contribution in [0.1, 0.15) is 33.9 Å². The Morgan fingerprint density at radius 2 is 2.05 bits per heavy atom. The van der Waals surface area contributed by atoms with Crippen LogP contribution in [0.3, 0.4) is 0 Å². The van der Waals surface area contributed by atoms with E-state index >= 15 is 0 Å². The number of hydrogen-bond donors (Lipinski definition) is 2. The summed E-state index contributed by atoms with van der Waals surface area (Å²) in [6.07, 6.45) is 1.04. The SMILES string of the molecule is Cc1c(C(=O)O)sc2nc(CN3CCC(=O)CC3)[nH]c(=O)c12. The summed E-state index contributed by atoms with van der Waals surface area (Å²) >= 11 is 1.02. The molecule has 0 radical (unpaired) electrons. The number of aromatic nitrogens is 2. The Balaban J connectivity index is 1.94. The fourth-order valence-corrected chi connectivity index (χ4v) is 3.68. The largest absolute Gasteiger partial charge is 0.477 e. The maximum absolute atomic E-state index is 12.2. The van der Waals surface area contributed by atoms with Crippen molar-refractivity contribution in [3.05, 3.63) is 26.6 Å². The molecular weight excluding hydrogens is 306 g/mol. The van der Waals surface area contributed by atoms with Gasteiger partial charge in [0.2, 0.25) is 0 Å². The molecule has 22 heavy (non-hydrogen) atoms. The van der Waals surface area contributed by atoms with Gasteiger partial charge in [-0.15, -0.1) is 11.3 Å². The predicted molar refractivity (Wildman–Crippen MR) is 81.5 cm³/mol. The van der Waals surface area contributed by atoms with Gasteiger partial charge in [0.1, 0.15) is 21.3 Å². The summed E-state index contributed by atoms with van der Waals surface area (Å²) in [4.78, 5) is 44.4. The van der Waals surface area contributed by atoms with E-state index in [1.807, 2.05) is 0 Å². The van der Waals surface area contributed by atoms with Gasteiger partial charge in [-0.3, -0.25) is 14.5 Å². The highest BCUT2D eigenvalue weighted by Crippen LogP contribution is 2.27. The van der Waals surface area contributed by atoms with E-state index in [-0.39, 0.29) is 16.2 Å². The van der Waals surface area contributed by atoms with Crippen LogP contribution in [0, 0.1) is 6.92 Å². The van der Waals surface area contributed by atoms with Crippen molar-refractivity contribution in [2.75, 3.05) is 13.1 Å². The van der Waals surface area contributed by atoms with E-state index in [9.17, 15) is 14.4 Å². The second kappa shape index (κ2) is 5.62. The number of aromatic carboxylic acids is 1. The van der Waals surface area contributed by atoms with E-state index in [0.717, 1.165) is 11.3 Å². The first kappa shape index (κ1) is 14.9. The number of ketones is 1. The lowest BCUT2D eigenvalue weighted by molar-refractivity contribution is -0.121. The molecule has 1 saturated heterocycles. The molecule has 0 bridgehead atoms. The number of H-pyrrole nitrogens is 1. The number of likely N-dealkylation sites (tertiary alicyclic amines) is 1. The van der Waals surface area contributed by atoms with Gasteiger partial charge >= 0.3 is 5.97 Å². The predicted octanol–water partition coefficient (Wildman–Crippen LogP) is 1.16. The molecule has 1 aliphatic rings. The average Bonchev–Trinajstić information content (AvgIpc) is 2.79. The van der Waals surface area contributed by atoms with Crippen molar-refractivity contribution in [1.29, 1.82) is 0 Å². The fourth-order valence-electron chi connectivity index (χ4n) is 2.64. The molecule has 0 aromatic carbocycles. The number of nitrogens with zero attached hydrogens (tertiary/aromatic N) is 2. The molecule has 0 amide bonds. The van der Waals surface area contributed by atoms with Gasteiger partial charge in [-0.1, -0.05) is 0 Å². The number of carbonyl (C=O) groups is 2. The van der Waals surface area contributed by atoms with Gasteiger partial charge in [0, 0.05) is 25.9 Å². The summed E-state index contributed by atoms with van der Waals surface area (Å²) in [6.45, 7) is 3.39. The monoisotopic (exact) mass is 321 g/mol. The fraction of sp³-hybridized carbons (Fsp3) is 0.429. The highest BCUT2D eigenvalue weighted by Gasteiger charge is 2.20. The number of aromatic amines is 1. The Hall–Kier alpha value is -2.06. The van der Waals surface area contributed by atoms with Crippen molar-refractivity contribution < 1.29 is 14.7 Å². The Labute approximate surface area is 129 Å². The zero-order valence-electron chi connectivity index (χ0n) is 12.0. The number of carboxylic acid groups (broad SMARTS) is 1. The first-order valence-electron chi connectivity index (χ1n) is 6.95. The molecule has 7 nitrogen and oxygen atoms in total. The van der Waals surface area contributed by atoms with Crippen LogP contribution in [0.5, 0.6) is 0 Å². The summed E-state index contributed by atoms with van der Waals surface area (Å²) in [7, 11) is 0. The van der Waals surface area contributed by atoms with Crippen LogP contribution in [-0.4, -0.2) is 44.8 Å². The first-order chi connectivity index (χ1) is 10.5. The summed E-state index contributed by atoms with van der Waals surface area (Å²) in [5.74, 6) is -0.283. The quantitative estimate of drug-likeness (QED) is 0.879. The summed E-state index contributed by atoms with van der Waals surface area (Å²) in [5.41, 5.74) is 0.144. The van der Waals surface area contributed by atoms with Crippen LogP contribution >= 0.6 is 11.3 Å². The maximum atomic E-state index is 12.2. The molecule has 1 fully saturated rings. The second-order valence-electron chi connectivity index (χ2n) is 5.37. The number of carboxylic acids is 1.